The van der Waals surface area contributed by atoms with Gasteiger partial charge in [0.15, 0.2) is 0 Å². The van der Waals surface area contributed by atoms with Crippen molar-refractivity contribution in [2.24, 2.45) is 17.3 Å². The number of aliphatic hydroxyl groups excluding tert-OH is 3. The lowest BCUT2D eigenvalue weighted by Crippen LogP contribution is -2.61. The molecule has 0 amide bonds. The second-order valence-corrected chi connectivity index (χ2v) is 13.5. The number of hydrogen-bond donors (Lipinski definition) is 5. The van der Waals surface area contributed by atoms with Crippen molar-refractivity contribution in [3.63, 3.8) is 0 Å². The zero-order chi connectivity index (χ0) is 31.5. The summed E-state index contributed by atoms with van der Waals surface area (Å²) in [6.45, 7) is 6.59. The van der Waals surface area contributed by atoms with E-state index in [0.29, 0.717) is 57.1 Å². The SMILES string of the molecule is CNCC[C@@]1(O)CC/C(=C(\C)C=O)[C@H](CCCO)[C@@]12CC[C@@H](/C(=C\C=C\C(CCC=C(C)C)=C1CCCCC1)CO)[C@H]2O. The molecule has 43 heavy (non-hydrogen) atoms. The molecule has 6 nitrogen and oxygen atoms in total. The molecular formula is C37H59NO5. The van der Waals surface area contributed by atoms with Gasteiger partial charge in [-0.15, -0.1) is 0 Å². The molecule has 5 atom stereocenters. The normalized spacial score (nSPS) is 31.1. The Bertz CT molecular complexity index is 1070. The summed E-state index contributed by atoms with van der Waals surface area (Å²) in [6, 6.07) is 0. The number of rotatable bonds is 14. The first-order valence-corrected chi connectivity index (χ1v) is 16.8. The lowest BCUT2D eigenvalue weighted by molar-refractivity contribution is -0.180. The second kappa shape index (κ2) is 17.0. The van der Waals surface area contributed by atoms with Crippen LogP contribution in [0.1, 0.15) is 111 Å². The first-order chi connectivity index (χ1) is 20.7. The third kappa shape index (κ3) is 8.26. The molecule has 0 bridgehead atoms. The zero-order valence-corrected chi connectivity index (χ0v) is 27.3. The molecule has 242 valence electrons. The highest BCUT2D eigenvalue weighted by atomic mass is 16.3. The third-order valence-electron chi connectivity index (χ3n) is 10.8. The number of aldehydes is 1. The standard InChI is InChI=1S/C37H59NO5/c1-27(2)11-8-14-30(29-12-6-5-7-13-29)15-9-16-31(26-41)33-19-21-37(35(33)42)34(17-10-24-39)32(28(3)25-40)18-20-36(37,43)22-23-38-4/h9,11,15-16,25,33-35,38-39,41-43H,5-8,10,12-14,17-24,26H2,1-4H3/b15-9+,31-16-,32-28-/t33-,34-,35+,36-,37+/m0/s1. The minimum atomic E-state index is -1.13. The summed E-state index contributed by atoms with van der Waals surface area (Å²) in [5, 5.41) is 48.2. The van der Waals surface area contributed by atoms with Gasteiger partial charge >= 0.3 is 0 Å². The summed E-state index contributed by atoms with van der Waals surface area (Å²) < 4.78 is 0. The van der Waals surface area contributed by atoms with Gasteiger partial charge in [0.05, 0.1) is 18.3 Å². The van der Waals surface area contributed by atoms with E-state index in [2.05, 4.69) is 37.4 Å². The fourth-order valence-electron chi connectivity index (χ4n) is 8.46. The van der Waals surface area contributed by atoms with Gasteiger partial charge < -0.3 is 25.7 Å². The van der Waals surface area contributed by atoms with Gasteiger partial charge in [0, 0.05) is 17.9 Å². The van der Waals surface area contributed by atoms with E-state index in [4.69, 9.17) is 0 Å². The summed E-state index contributed by atoms with van der Waals surface area (Å²) in [5.74, 6) is -0.506. The van der Waals surface area contributed by atoms with E-state index in [-0.39, 0.29) is 25.0 Å². The van der Waals surface area contributed by atoms with Crippen LogP contribution in [0, 0.1) is 17.3 Å². The Morgan fingerprint density at radius 2 is 1.81 bits per heavy atom. The average Bonchev–Trinajstić information content (AvgIpc) is 3.35. The Kier molecular flexibility index (Phi) is 14.1. The Labute approximate surface area is 260 Å². The molecule has 0 heterocycles. The van der Waals surface area contributed by atoms with Gasteiger partial charge in [-0.2, -0.15) is 0 Å². The van der Waals surface area contributed by atoms with Gasteiger partial charge in [-0.05, 0) is 140 Å². The molecule has 5 N–H and O–H groups in total. The molecule has 6 heteroatoms. The van der Waals surface area contributed by atoms with Crippen LogP contribution in [0.5, 0.6) is 0 Å². The van der Waals surface area contributed by atoms with E-state index >= 15 is 0 Å². The molecule has 3 rings (SSSR count). The van der Waals surface area contributed by atoms with Crippen molar-refractivity contribution in [2.75, 3.05) is 26.8 Å². The van der Waals surface area contributed by atoms with E-state index < -0.39 is 17.1 Å². The smallest absolute Gasteiger partial charge is 0.145 e. The molecule has 3 fully saturated rings. The molecule has 3 aliphatic carbocycles. The van der Waals surface area contributed by atoms with Crippen LogP contribution in [0.25, 0.3) is 0 Å². The summed E-state index contributed by atoms with van der Waals surface area (Å²) in [5.41, 5.74) is 4.76. The lowest BCUT2D eigenvalue weighted by atomic mass is 9.51. The van der Waals surface area contributed by atoms with Crippen LogP contribution in [-0.4, -0.2) is 65.2 Å². The monoisotopic (exact) mass is 597 g/mol. The predicted octanol–water partition coefficient (Wildman–Crippen LogP) is 6.26. The Morgan fingerprint density at radius 1 is 1.07 bits per heavy atom. The first kappa shape index (κ1) is 35.6. The average molecular weight is 598 g/mol. The highest BCUT2D eigenvalue weighted by molar-refractivity contribution is 5.74. The molecule has 3 saturated carbocycles. The van der Waals surface area contributed by atoms with Crippen LogP contribution in [0.4, 0.5) is 0 Å². The highest BCUT2D eigenvalue weighted by Gasteiger charge is 2.65. The molecule has 0 radical (unpaired) electrons. The van der Waals surface area contributed by atoms with E-state index in [1.54, 1.807) is 5.57 Å². The first-order valence-electron chi connectivity index (χ1n) is 16.8. The quantitative estimate of drug-likeness (QED) is 0.0699. The van der Waals surface area contributed by atoms with Gasteiger partial charge in [0.2, 0.25) is 0 Å². The largest absolute Gasteiger partial charge is 0.396 e. The van der Waals surface area contributed by atoms with Crippen LogP contribution in [-0.2, 0) is 4.79 Å². The van der Waals surface area contributed by atoms with Crippen molar-refractivity contribution in [3.8, 4) is 0 Å². The lowest BCUT2D eigenvalue weighted by Gasteiger charge is -2.57. The van der Waals surface area contributed by atoms with Gasteiger partial charge in [-0.25, -0.2) is 0 Å². The molecular weight excluding hydrogens is 538 g/mol. The van der Waals surface area contributed by atoms with E-state index in [1.807, 2.05) is 20.0 Å². The molecule has 0 aliphatic heterocycles. The molecule has 0 aromatic heterocycles. The van der Waals surface area contributed by atoms with Crippen LogP contribution in [0.2, 0.25) is 0 Å². The maximum Gasteiger partial charge on any atom is 0.145 e. The maximum absolute atomic E-state index is 12.4. The van der Waals surface area contributed by atoms with Crippen molar-refractivity contribution >= 4 is 6.29 Å². The topological polar surface area (TPSA) is 110 Å². The summed E-state index contributed by atoms with van der Waals surface area (Å²) in [4.78, 5) is 11.9. The number of carbonyl (C=O) groups is 1. The minimum absolute atomic E-state index is 0.0203. The fraction of sp³-hybridized carbons (Fsp3) is 0.703. The molecule has 0 aromatic rings. The highest BCUT2D eigenvalue weighted by Crippen LogP contribution is 2.63. The third-order valence-corrected chi connectivity index (χ3v) is 10.8. The number of carbonyl (C=O) groups excluding carboxylic acids is 1. The number of aliphatic hydroxyl groups is 4. The molecule has 3 aliphatic rings. The number of nitrogens with one attached hydrogen (secondary N) is 1. The Hall–Kier alpha value is -1.83. The van der Waals surface area contributed by atoms with Crippen molar-refractivity contribution < 1.29 is 25.2 Å². The summed E-state index contributed by atoms with van der Waals surface area (Å²) in [7, 11) is 1.87. The number of hydrogen-bond acceptors (Lipinski definition) is 6. The summed E-state index contributed by atoms with van der Waals surface area (Å²) in [6.07, 6.45) is 20.7. The van der Waals surface area contributed by atoms with E-state index in [1.165, 1.54) is 30.4 Å². The van der Waals surface area contributed by atoms with Crippen LogP contribution in [0.3, 0.4) is 0 Å². The second-order valence-electron chi connectivity index (χ2n) is 13.5. The predicted molar refractivity (Wildman–Crippen MR) is 176 cm³/mol. The van der Waals surface area contributed by atoms with Crippen molar-refractivity contribution in [1.82, 2.24) is 5.32 Å². The molecule has 0 aromatic carbocycles. The van der Waals surface area contributed by atoms with E-state index in [9.17, 15) is 25.2 Å². The number of allylic oxidation sites excluding steroid dienone is 9. The van der Waals surface area contributed by atoms with Crippen molar-refractivity contribution in [1.29, 1.82) is 0 Å². The Balaban J connectivity index is 1.99. The molecule has 0 saturated heterocycles. The Morgan fingerprint density at radius 3 is 2.44 bits per heavy atom. The zero-order valence-electron chi connectivity index (χ0n) is 27.3. The van der Waals surface area contributed by atoms with Crippen molar-refractivity contribution in [3.05, 3.63) is 57.7 Å². The van der Waals surface area contributed by atoms with Gasteiger partial charge in [0.25, 0.3) is 0 Å². The van der Waals surface area contributed by atoms with Crippen LogP contribution >= 0.6 is 0 Å². The van der Waals surface area contributed by atoms with Crippen LogP contribution in [0.15, 0.2) is 57.7 Å². The summed E-state index contributed by atoms with van der Waals surface area (Å²) >= 11 is 0. The van der Waals surface area contributed by atoms with Gasteiger partial charge in [-0.3, -0.25) is 4.79 Å². The minimum Gasteiger partial charge on any atom is -0.396 e. The van der Waals surface area contributed by atoms with E-state index in [0.717, 1.165) is 43.1 Å². The van der Waals surface area contributed by atoms with Crippen molar-refractivity contribution in [2.45, 2.75) is 122 Å². The molecule has 0 unspecified atom stereocenters. The van der Waals surface area contributed by atoms with Gasteiger partial charge in [0.1, 0.15) is 6.29 Å². The van der Waals surface area contributed by atoms with Gasteiger partial charge in [-0.1, -0.05) is 47.4 Å². The molecule has 1 spiro atoms. The van der Waals surface area contributed by atoms with Crippen LogP contribution < -0.4 is 5.32 Å². The fourth-order valence-corrected chi connectivity index (χ4v) is 8.46. The maximum atomic E-state index is 12.4.